The number of carbonyl (C=O) groups is 2. The van der Waals surface area contributed by atoms with E-state index in [2.05, 4.69) is 0 Å². The van der Waals surface area contributed by atoms with E-state index >= 15 is 0 Å². The summed E-state index contributed by atoms with van der Waals surface area (Å²) >= 11 is 0. The Morgan fingerprint density at radius 1 is 1.30 bits per heavy atom. The van der Waals surface area contributed by atoms with E-state index in [-0.39, 0.29) is 10.6 Å². The topological polar surface area (TPSA) is 130 Å². The summed E-state index contributed by atoms with van der Waals surface area (Å²) in [5.74, 6) is -2.98. The molecule has 0 saturated heterocycles. The van der Waals surface area contributed by atoms with Crippen molar-refractivity contribution in [1.82, 2.24) is 4.72 Å². The Kier molecular flexibility index (Phi) is 5.06. The lowest BCUT2D eigenvalue weighted by molar-refractivity contribution is -0.145. The zero-order valence-corrected chi connectivity index (χ0v) is 11.3. The monoisotopic (exact) mass is 303 g/mol. The second-order valence-electron chi connectivity index (χ2n) is 3.76. The minimum atomic E-state index is -4.21. The smallest absolute Gasteiger partial charge is 0.322 e. The van der Waals surface area contributed by atoms with Crippen LogP contribution in [0.1, 0.15) is 6.42 Å². The van der Waals surface area contributed by atoms with Crippen LogP contribution in [0.15, 0.2) is 29.2 Å². The third-order valence-corrected chi connectivity index (χ3v) is 3.84. The van der Waals surface area contributed by atoms with Crippen LogP contribution in [0.25, 0.3) is 0 Å². The molecule has 0 spiro atoms. The van der Waals surface area contributed by atoms with Crippen molar-refractivity contribution in [2.75, 3.05) is 7.11 Å². The number of hydrogen-bond acceptors (Lipinski definition) is 5. The van der Waals surface area contributed by atoms with Crippen LogP contribution in [0.3, 0.4) is 0 Å². The van der Waals surface area contributed by atoms with Gasteiger partial charge in [0.25, 0.3) is 0 Å². The molecule has 9 heteroatoms. The minimum absolute atomic E-state index is 0.0273. The highest BCUT2D eigenvalue weighted by molar-refractivity contribution is 7.89. The van der Waals surface area contributed by atoms with E-state index in [1.54, 1.807) is 6.07 Å². The van der Waals surface area contributed by atoms with Gasteiger partial charge in [0.2, 0.25) is 10.0 Å². The van der Waals surface area contributed by atoms with Crippen molar-refractivity contribution in [1.29, 1.82) is 0 Å². The molecular weight excluding hydrogens is 290 g/mol. The summed E-state index contributed by atoms with van der Waals surface area (Å²) in [4.78, 5) is 21.1. The molecule has 3 N–H and O–H groups in total. The highest BCUT2D eigenvalue weighted by atomic mass is 32.2. The highest BCUT2D eigenvalue weighted by Gasteiger charge is 2.29. The number of methoxy groups -OCH3 is 1. The van der Waals surface area contributed by atoms with Gasteiger partial charge in [-0.1, -0.05) is 12.1 Å². The molecule has 1 unspecified atom stereocenters. The number of benzene rings is 1. The van der Waals surface area contributed by atoms with E-state index in [0.29, 0.717) is 0 Å². The van der Waals surface area contributed by atoms with Crippen LogP contribution in [0.2, 0.25) is 0 Å². The molecule has 0 aromatic heterocycles. The third kappa shape index (κ3) is 3.93. The number of carboxylic acids is 2. The van der Waals surface area contributed by atoms with Crippen LogP contribution < -0.4 is 9.46 Å². The lowest BCUT2D eigenvalue weighted by Crippen LogP contribution is -2.42. The number of nitrogens with one attached hydrogen (secondary N) is 1. The predicted molar refractivity (Wildman–Crippen MR) is 67.0 cm³/mol. The molecule has 1 atom stereocenters. The number of para-hydroxylation sites is 1. The van der Waals surface area contributed by atoms with Crippen LogP contribution in [-0.2, 0) is 19.6 Å². The van der Waals surface area contributed by atoms with Gasteiger partial charge in [-0.05, 0) is 12.1 Å². The van der Waals surface area contributed by atoms with Gasteiger partial charge in [0.05, 0.1) is 13.5 Å². The first kappa shape index (κ1) is 15.9. The SMILES string of the molecule is COc1ccccc1S(=O)(=O)NC(CC(=O)O)C(=O)O. The Labute approximate surface area is 115 Å². The zero-order valence-electron chi connectivity index (χ0n) is 10.4. The van der Waals surface area contributed by atoms with Crippen molar-refractivity contribution in [2.45, 2.75) is 17.4 Å². The van der Waals surface area contributed by atoms with E-state index in [0.717, 1.165) is 0 Å². The molecule has 0 aliphatic heterocycles. The van der Waals surface area contributed by atoms with Crippen molar-refractivity contribution >= 4 is 22.0 Å². The van der Waals surface area contributed by atoms with Crippen LogP contribution in [0.5, 0.6) is 5.75 Å². The number of sulfonamides is 1. The number of hydrogen-bond donors (Lipinski definition) is 3. The summed E-state index contributed by atoms with van der Waals surface area (Å²) < 4.78 is 30.8. The number of carboxylic acid groups (broad SMARTS) is 2. The normalized spacial score (nSPS) is 12.7. The molecule has 0 saturated carbocycles. The third-order valence-electron chi connectivity index (χ3n) is 2.33. The Bertz CT molecular complexity index is 611. The van der Waals surface area contributed by atoms with Gasteiger partial charge in [0, 0.05) is 0 Å². The molecule has 1 aromatic rings. The molecule has 8 nitrogen and oxygen atoms in total. The average Bonchev–Trinajstić information content (AvgIpc) is 2.37. The number of aliphatic carboxylic acids is 2. The van der Waals surface area contributed by atoms with Gasteiger partial charge in [0.15, 0.2) is 0 Å². The van der Waals surface area contributed by atoms with Crippen LogP contribution in [0.4, 0.5) is 0 Å². The molecule has 1 aromatic carbocycles. The van der Waals surface area contributed by atoms with E-state index in [1.165, 1.54) is 25.3 Å². The summed E-state index contributed by atoms with van der Waals surface area (Å²) in [5.41, 5.74) is 0. The van der Waals surface area contributed by atoms with Crippen LogP contribution in [-0.4, -0.2) is 43.7 Å². The van der Waals surface area contributed by atoms with Crippen molar-refractivity contribution in [3.8, 4) is 5.75 Å². The molecule has 0 amide bonds. The van der Waals surface area contributed by atoms with E-state index < -0.39 is 34.4 Å². The van der Waals surface area contributed by atoms with Crippen molar-refractivity contribution in [3.05, 3.63) is 24.3 Å². The van der Waals surface area contributed by atoms with Gasteiger partial charge >= 0.3 is 11.9 Å². The molecule has 1 rings (SSSR count). The van der Waals surface area contributed by atoms with Crippen LogP contribution >= 0.6 is 0 Å². The molecular formula is C11H13NO7S. The molecule has 20 heavy (non-hydrogen) atoms. The lowest BCUT2D eigenvalue weighted by Gasteiger charge is -2.14. The Balaban J connectivity index is 3.09. The first-order valence-electron chi connectivity index (χ1n) is 5.38. The van der Waals surface area contributed by atoms with Crippen molar-refractivity contribution in [3.63, 3.8) is 0 Å². The van der Waals surface area contributed by atoms with E-state index in [1.807, 2.05) is 4.72 Å². The van der Waals surface area contributed by atoms with Gasteiger partial charge in [0.1, 0.15) is 16.7 Å². The average molecular weight is 303 g/mol. The Morgan fingerprint density at radius 2 is 1.90 bits per heavy atom. The fourth-order valence-corrected chi connectivity index (χ4v) is 2.81. The quantitative estimate of drug-likeness (QED) is 0.641. The molecule has 110 valence electrons. The summed E-state index contributed by atoms with van der Waals surface area (Å²) in [5, 5.41) is 17.4. The second-order valence-corrected chi connectivity index (χ2v) is 5.44. The minimum Gasteiger partial charge on any atom is -0.495 e. The van der Waals surface area contributed by atoms with Crippen LogP contribution in [0, 0.1) is 0 Å². The highest BCUT2D eigenvalue weighted by Crippen LogP contribution is 2.22. The maximum atomic E-state index is 12.1. The maximum absolute atomic E-state index is 12.1. The molecule has 0 aliphatic rings. The first-order chi connectivity index (χ1) is 9.27. The fraction of sp³-hybridized carbons (Fsp3) is 0.273. The van der Waals surface area contributed by atoms with Gasteiger partial charge in [-0.15, -0.1) is 0 Å². The van der Waals surface area contributed by atoms with E-state index in [9.17, 15) is 18.0 Å². The van der Waals surface area contributed by atoms with Crippen molar-refractivity contribution in [2.24, 2.45) is 0 Å². The standard InChI is InChI=1S/C11H13NO7S/c1-19-8-4-2-3-5-9(8)20(17,18)12-7(11(15)16)6-10(13)14/h2-5,7,12H,6H2,1H3,(H,13,14)(H,15,16). The summed E-state index contributed by atoms with van der Waals surface area (Å²) in [6, 6.07) is 3.83. The maximum Gasteiger partial charge on any atom is 0.322 e. The lowest BCUT2D eigenvalue weighted by atomic mass is 10.2. The van der Waals surface area contributed by atoms with Gasteiger partial charge < -0.3 is 14.9 Å². The van der Waals surface area contributed by atoms with Crippen molar-refractivity contribution < 1.29 is 33.0 Å². The molecule has 0 heterocycles. The number of ether oxygens (including phenoxy) is 1. The molecule has 0 aliphatic carbocycles. The van der Waals surface area contributed by atoms with Gasteiger partial charge in [-0.3, -0.25) is 9.59 Å². The number of rotatable bonds is 7. The predicted octanol–water partition coefficient (Wildman–Crippen LogP) is -0.0986. The largest absolute Gasteiger partial charge is 0.495 e. The molecule has 0 fully saturated rings. The summed E-state index contributed by atoms with van der Waals surface area (Å²) in [7, 11) is -2.95. The first-order valence-corrected chi connectivity index (χ1v) is 6.86. The molecule has 0 bridgehead atoms. The zero-order chi connectivity index (χ0) is 15.3. The summed E-state index contributed by atoms with van der Waals surface area (Å²) in [6.45, 7) is 0. The molecule has 0 radical (unpaired) electrons. The van der Waals surface area contributed by atoms with Gasteiger partial charge in [-0.2, -0.15) is 4.72 Å². The second kappa shape index (κ2) is 6.35. The Hall–Kier alpha value is -2.13. The fourth-order valence-electron chi connectivity index (χ4n) is 1.45. The van der Waals surface area contributed by atoms with Gasteiger partial charge in [-0.25, -0.2) is 8.42 Å². The van der Waals surface area contributed by atoms with E-state index in [4.69, 9.17) is 14.9 Å². The summed E-state index contributed by atoms with van der Waals surface area (Å²) in [6.07, 6.45) is -0.871. The Morgan fingerprint density at radius 3 is 2.40 bits per heavy atom.